The van der Waals surface area contributed by atoms with Crippen LogP contribution >= 0.6 is 0 Å². The fraction of sp³-hybridized carbons (Fsp3) is 0.818. The first kappa shape index (κ1) is 7.98. The predicted molar refractivity (Wildman–Crippen MR) is 50.5 cm³/mol. The van der Waals surface area contributed by atoms with Crippen molar-refractivity contribution in [2.24, 2.45) is 5.92 Å². The fourth-order valence-corrected chi connectivity index (χ4v) is 2.79. The van der Waals surface area contributed by atoms with E-state index in [0.29, 0.717) is 0 Å². The Balaban J connectivity index is 2.05. The van der Waals surface area contributed by atoms with Gasteiger partial charge < -0.3 is 4.90 Å². The lowest BCUT2D eigenvalue weighted by Crippen LogP contribution is -2.43. The van der Waals surface area contributed by atoms with Crippen LogP contribution in [0.15, 0.2) is 0 Å². The van der Waals surface area contributed by atoms with Crippen LogP contribution in [0.1, 0.15) is 38.5 Å². The molecule has 0 aromatic carbocycles. The normalized spacial score (nSPS) is 35.4. The standard InChI is InChI=1S/C11H17N/c1-2-12-9-5-7-10-6-3-4-8-11(10)12/h1,10-11H,3-9H2/t10-,11+/m0/s1. The van der Waals surface area contributed by atoms with E-state index in [2.05, 4.69) is 10.9 Å². The van der Waals surface area contributed by atoms with E-state index in [-0.39, 0.29) is 0 Å². The van der Waals surface area contributed by atoms with Gasteiger partial charge in [-0.25, -0.2) is 0 Å². The van der Waals surface area contributed by atoms with Gasteiger partial charge in [0.05, 0.1) is 0 Å². The molecule has 1 heterocycles. The second-order valence-electron chi connectivity index (χ2n) is 4.08. The van der Waals surface area contributed by atoms with E-state index in [1.807, 2.05) is 0 Å². The Labute approximate surface area is 75.1 Å². The highest BCUT2D eigenvalue weighted by molar-refractivity contribution is 4.96. The molecule has 0 unspecified atom stereocenters. The molecule has 0 aromatic rings. The van der Waals surface area contributed by atoms with Gasteiger partial charge in [0.15, 0.2) is 0 Å². The molecule has 1 aliphatic carbocycles. The summed E-state index contributed by atoms with van der Waals surface area (Å²) >= 11 is 0. The minimum absolute atomic E-state index is 0.734. The molecule has 66 valence electrons. The molecule has 12 heavy (non-hydrogen) atoms. The van der Waals surface area contributed by atoms with Crippen LogP contribution in [0.3, 0.4) is 0 Å². The van der Waals surface area contributed by atoms with Gasteiger partial charge in [0, 0.05) is 18.6 Å². The summed E-state index contributed by atoms with van der Waals surface area (Å²) in [6.07, 6.45) is 13.8. The predicted octanol–water partition coefficient (Wildman–Crippen LogP) is 2.23. The molecule has 1 heteroatoms. The smallest absolute Gasteiger partial charge is 0.0399 e. The Kier molecular flexibility index (Phi) is 2.26. The minimum Gasteiger partial charge on any atom is -0.330 e. The number of nitrogens with zero attached hydrogens (tertiary/aromatic N) is 1. The summed E-state index contributed by atoms with van der Waals surface area (Å²) in [7, 11) is 0. The molecule has 2 aliphatic rings. The van der Waals surface area contributed by atoms with Crippen LogP contribution in [0.25, 0.3) is 0 Å². The second-order valence-corrected chi connectivity index (χ2v) is 4.08. The molecule has 1 saturated carbocycles. The lowest BCUT2D eigenvalue weighted by molar-refractivity contribution is 0.111. The first-order valence-electron chi connectivity index (χ1n) is 5.14. The molecule has 0 spiro atoms. The quantitative estimate of drug-likeness (QED) is 0.495. The molecule has 0 N–H and O–H groups in total. The van der Waals surface area contributed by atoms with Gasteiger partial charge in [-0.15, -0.1) is 0 Å². The lowest BCUT2D eigenvalue weighted by atomic mass is 9.78. The number of rotatable bonds is 0. The van der Waals surface area contributed by atoms with E-state index in [9.17, 15) is 0 Å². The van der Waals surface area contributed by atoms with Crippen molar-refractivity contribution in [2.75, 3.05) is 6.54 Å². The van der Waals surface area contributed by atoms with Gasteiger partial charge in [0.1, 0.15) is 0 Å². The number of likely N-dealkylation sites (tertiary alicyclic amines) is 1. The summed E-state index contributed by atoms with van der Waals surface area (Å²) in [4.78, 5) is 2.24. The number of fused-ring (bicyclic) bond motifs is 1. The SMILES string of the molecule is C#CN1CCC[C@@H]2CCCC[C@H]21. The van der Waals surface area contributed by atoms with Crippen molar-refractivity contribution in [3.63, 3.8) is 0 Å². The lowest BCUT2D eigenvalue weighted by Gasteiger charge is -2.42. The van der Waals surface area contributed by atoms with Crippen molar-refractivity contribution in [3.8, 4) is 12.5 Å². The number of terminal acetylenes is 1. The first-order valence-corrected chi connectivity index (χ1v) is 5.14. The van der Waals surface area contributed by atoms with Crippen LogP contribution in [0.5, 0.6) is 0 Å². The van der Waals surface area contributed by atoms with Crippen molar-refractivity contribution in [1.29, 1.82) is 0 Å². The topological polar surface area (TPSA) is 3.24 Å². The van der Waals surface area contributed by atoms with Crippen LogP contribution in [0, 0.1) is 18.4 Å². The minimum atomic E-state index is 0.734. The second kappa shape index (κ2) is 3.39. The summed E-state index contributed by atoms with van der Waals surface area (Å²) in [6, 6.07) is 3.57. The highest BCUT2D eigenvalue weighted by Gasteiger charge is 2.31. The highest BCUT2D eigenvalue weighted by atomic mass is 15.1. The third-order valence-corrected chi connectivity index (χ3v) is 3.41. The van der Waals surface area contributed by atoms with E-state index in [4.69, 9.17) is 6.42 Å². The maximum Gasteiger partial charge on any atom is 0.0399 e. The molecule has 0 aromatic heterocycles. The van der Waals surface area contributed by atoms with Crippen molar-refractivity contribution in [3.05, 3.63) is 0 Å². The fourth-order valence-electron chi connectivity index (χ4n) is 2.79. The summed E-state index contributed by atoms with van der Waals surface area (Å²) in [5, 5.41) is 0. The van der Waals surface area contributed by atoms with Crippen LogP contribution in [-0.4, -0.2) is 17.5 Å². The molecular formula is C11H17N. The zero-order chi connectivity index (χ0) is 8.39. The third-order valence-electron chi connectivity index (χ3n) is 3.41. The van der Waals surface area contributed by atoms with Gasteiger partial charge in [0.25, 0.3) is 0 Å². The van der Waals surface area contributed by atoms with E-state index in [1.54, 1.807) is 0 Å². The average molecular weight is 163 g/mol. The molecular weight excluding hydrogens is 146 g/mol. The van der Waals surface area contributed by atoms with Gasteiger partial charge in [0.2, 0.25) is 0 Å². The summed E-state index contributed by atoms with van der Waals surface area (Å²) < 4.78 is 0. The average Bonchev–Trinajstić information content (AvgIpc) is 2.17. The van der Waals surface area contributed by atoms with Crippen molar-refractivity contribution in [1.82, 2.24) is 4.90 Å². The Hall–Kier alpha value is -0.640. The molecule has 2 atom stereocenters. The summed E-state index contributed by atoms with van der Waals surface area (Å²) in [5.41, 5.74) is 0. The first-order chi connectivity index (χ1) is 5.92. The van der Waals surface area contributed by atoms with E-state index in [0.717, 1.165) is 18.5 Å². The Morgan fingerprint density at radius 3 is 2.67 bits per heavy atom. The summed E-state index contributed by atoms with van der Waals surface area (Å²) in [6.45, 7) is 1.14. The molecule has 0 radical (unpaired) electrons. The van der Waals surface area contributed by atoms with Gasteiger partial charge in [-0.1, -0.05) is 19.3 Å². The monoisotopic (exact) mass is 163 g/mol. The van der Waals surface area contributed by atoms with Crippen LogP contribution in [0.4, 0.5) is 0 Å². The van der Waals surface area contributed by atoms with E-state index >= 15 is 0 Å². The van der Waals surface area contributed by atoms with E-state index in [1.165, 1.54) is 38.5 Å². The largest absolute Gasteiger partial charge is 0.330 e. The van der Waals surface area contributed by atoms with Gasteiger partial charge >= 0.3 is 0 Å². The van der Waals surface area contributed by atoms with Gasteiger partial charge in [-0.05, 0) is 31.6 Å². The van der Waals surface area contributed by atoms with E-state index < -0.39 is 0 Å². The third kappa shape index (κ3) is 1.31. The van der Waals surface area contributed by atoms with Gasteiger partial charge in [-0.2, -0.15) is 0 Å². The molecule has 2 rings (SSSR count). The number of piperidine rings is 1. The van der Waals surface area contributed by atoms with Crippen LogP contribution in [0.2, 0.25) is 0 Å². The highest BCUT2D eigenvalue weighted by Crippen LogP contribution is 2.34. The molecule has 0 amide bonds. The molecule has 1 aliphatic heterocycles. The zero-order valence-electron chi connectivity index (χ0n) is 7.63. The number of hydrogen-bond acceptors (Lipinski definition) is 1. The van der Waals surface area contributed by atoms with Crippen LogP contribution < -0.4 is 0 Å². The van der Waals surface area contributed by atoms with Gasteiger partial charge in [-0.3, -0.25) is 0 Å². The molecule has 1 saturated heterocycles. The maximum absolute atomic E-state index is 5.49. The van der Waals surface area contributed by atoms with Crippen molar-refractivity contribution in [2.45, 2.75) is 44.6 Å². The molecule has 2 fully saturated rings. The zero-order valence-corrected chi connectivity index (χ0v) is 7.63. The molecule has 0 bridgehead atoms. The Bertz CT molecular complexity index is 190. The maximum atomic E-state index is 5.49. The molecule has 1 nitrogen and oxygen atoms in total. The number of hydrogen-bond donors (Lipinski definition) is 0. The van der Waals surface area contributed by atoms with Crippen molar-refractivity contribution < 1.29 is 0 Å². The van der Waals surface area contributed by atoms with Crippen LogP contribution in [-0.2, 0) is 0 Å². The Morgan fingerprint density at radius 2 is 1.83 bits per heavy atom. The van der Waals surface area contributed by atoms with Crippen molar-refractivity contribution >= 4 is 0 Å². The summed E-state index contributed by atoms with van der Waals surface area (Å²) in [5.74, 6) is 0.920. The Morgan fingerprint density at radius 1 is 1.08 bits per heavy atom.